The van der Waals surface area contributed by atoms with Gasteiger partial charge in [-0.05, 0) is 31.5 Å². The maximum Gasteiger partial charge on any atom is 0.251 e. The zero-order valence-corrected chi connectivity index (χ0v) is 15.6. The maximum atomic E-state index is 12.5. The van der Waals surface area contributed by atoms with E-state index in [-0.39, 0.29) is 18.6 Å². The van der Waals surface area contributed by atoms with Crippen molar-refractivity contribution in [3.05, 3.63) is 42.1 Å². The van der Waals surface area contributed by atoms with Crippen LogP contribution in [0.25, 0.3) is 11.4 Å². The van der Waals surface area contributed by atoms with Gasteiger partial charge >= 0.3 is 0 Å². The summed E-state index contributed by atoms with van der Waals surface area (Å²) in [4.78, 5) is 23.3. The summed E-state index contributed by atoms with van der Waals surface area (Å²) in [6.07, 6.45) is 4.96. The van der Waals surface area contributed by atoms with Crippen LogP contribution in [0.3, 0.4) is 0 Å². The summed E-state index contributed by atoms with van der Waals surface area (Å²) in [5, 5.41) is 12.4. The standard InChI is InChI=1S/C20H26N4O3/c1-27-18-8-9-21-19(23-18)15-5-4-6-16(13-15)20(26)22-10-12-24-11-3-2-7-17(24)14-25/h4-6,8-9,13,17,25H,2-3,7,10-12,14H2,1H3,(H,22,26)/t17-/m1/s1. The van der Waals surface area contributed by atoms with Gasteiger partial charge in [0.15, 0.2) is 5.82 Å². The molecule has 7 heteroatoms. The number of nitrogens with zero attached hydrogens (tertiary/aromatic N) is 3. The zero-order chi connectivity index (χ0) is 19.1. The Balaban J connectivity index is 1.60. The third-order valence-corrected chi connectivity index (χ3v) is 4.87. The summed E-state index contributed by atoms with van der Waals surface area (Å²) in [6.45, 7) is 2.45. The van der Waals surface area contributed by atoms with E-state index in [1.807, 2.05) is 12.1 Å². The number of likely N-dealkylation sites (tertiary alicyclic amines) is 1. The fraction of sp³-hybridized carbons (Fsp3) is 0.450. The van der Waals surface area contributed by atoms with Crippen molar-refractivity contribution in [3.8, 4) is 17.3 Å². The van der Waals surface area contributed by atoms with Crippen LogP contribution in [0.4, 0.5) is 0 Å². The van der Waals surface area contributed by atoms with Crippen LogP contribution >= 0.6 is 0 Å². The molecule has 0 aliphatic carbocycles. The third-order valence-electron chi connectivity index (χ3n) is 4.87. The molecule has 0 radical (unpaired) electrons. The van der Waals surface area contributed by atoms with Gasteiger partial charge in [-0.1, -0.05) is 18.6 Å². The number of aromatic nitrogens is 2. The number of rotatable bonds is 7. The second-order valence-electron chi connectivity index (χ2n) is 6.63. The minimum Gasteiger partial charge on any atom is -0.481 e. The van der Waals surface area contributed by atoms with Crippen LogP contribution < -0.4 is 10.1 Å². The molecular formula is C20H26N4O3. The van der Waals surface area contributed by atoms with Crippen LogP contribution in [0.5, 0.6) is 5.88 Å². The van der Waals surface area contributed by atoms with Gasteiger partial charge in [0.1, 0.15) is 0 Å². The fourth-order valence-electron chi connectivity index (χ4n) is 3.37. The normalized spacial score (nSPS) is 17.5. The molecule has 2 heterocycles. The molecule has 0 saturated carbocycles. The number of benzene rings is 1. The van der Waals surface area contributed by atoms with E-state index < -0.39 is 0 Å². The summed E-state index contributed by atoms with van der Waals surface area (Å²) < 4.78 is 5.13. The third kappa shape index (κ3) is 5.02. The molecule has 3 rings (SSSR count). The molecule has 1 fully saturated rings. The van der Waals surface area contributed by atoms with Crippen molar-refractivity contribution in [1.82, 2.24) is 20.2 Å². The van der Waals surface area contributed by atoms with Crippen molar-refractivity contribution in [1.29, 1.82) is 0 Å². The number of piperidine rings is 1. The number of carbonyl (C=O) groups is 1. The Labute approximate surface area is 159 Å². The summed E-state index contributed by atoms with van der Waals surface area (Å²) in [6, 6.07) is 9.13. The Kier molecular flexibility index (Phi) is 6.73. The number of hydrogen-bond donors (Lipinski definition) is 2. The number of nitrogens with one attached hydrogen (secondary N) is 1. The van der Waals surface area contributed by atoms with Gasteiger partial charge in [-0.3, -0.25) is 9.69 Å². The first kappa shape index (κ1) is 19.3. The highest BCUT2D eigenvalue weighted by Crippen LogP contribution is 2.19. The molecule has 0 unspecified atom stereocenters. The molecule has 1 amide bonds. The average Bonchev–Trinajstić information content (AvgIpc) is 2.74. The van der Waals surface area contributed by atoms with E-state index in [1.54, 1.807) is 31.5 Å². The highest BCUT2D eigenvalue weighted by Gasteiger charge is 2.21. The van der Waals surface area contributed by atoms with Crippen molar-refractivity contribution in [2.45, 2.75) is 25.3 Å². The summed E-state index contributed by atoms with van der Waals surface area (Å²) in [7, 11) is 1.56. The second-order valence-corrected chi connectivity index (χ2v) is 6.63. The van der Waals surface area contributed by atoms with Crippen molar-refractivity contribution in [3.63, 3.8) is 0 Å². The average molecular weight is 370 g/mol. The van der Waals surface area contributed by atoms with Gasteiger partial charge in [-0.15, -0.1) is 0 Å². The molecule has 27 heavy (non-hydrogen) atoms. The van der Waals surface area contributed by atoms with E-state index in [4.69, 9.17) is 4.74 Å². The SMILES string of the molecule is COc1ccnc(-c2cccc(C(=O)NCCN3CCCC[C@@H]3CO)c2)n1. The topological polar surface area (TPSA) is 87.6 Å². The van der Waals surface area contributed by atoms with Gasteiger partial charge < -0.3 is 15.2 Å². The van der Waals surface area contributed by atoms with E-state index >= 15 is 0 Å². The highest BCUT2D eigenvalue weighted by atomic mass is 16.5. The number of methoxy groups -OCH3 is 1. The van der Waals surface area contributed by atoms with Crippen LogP contribution in [0.2, 0.25) is 0 Å². The summed E-state index contributed by atoms with van der Waals surface area (Å²) >= 11 is 0. The van der Waals surface area contributed by atoms with E-state index in [0.717, 1.165) is 37.9 Å². The highest BCUT2D eigenvalue weighted by molar-refractivity contribution is 5.95. The van der Waals surface area contributed by atoms with Crippen molar-refractivity contribution in [2.24, 2.45) is 0 Å². The first-order valence-electron chi connectivity index (χ1n) is 9.32. The van der Waals surface area contributed by atoms with Gasteiger partial charge in [0.2, 0.25) is 5.88 Å². The lowest BCUT2D eigenvalue weighted by molar-refractivity contribution is 0.0849. The van der Waals surface area contributed by atoms with E-state index in [2.05, 4.69) is 20.2 Å². The van der Waals surface area contributed by atoms with E-state index in [9.17, 15) is 9.90 Å². The molecule has 1 aliphatic rings. The predicted molar refractivity (Wildman–Crippen MR) is 103 cm³/mol. The number of amides is 1. The monoisotopic (exact) mass is 370 g/mol. The maximum absolute atomic E-state index is 12.5. The summed E-state index contributed by atoms with van der Waals surface area (Å²) in [5.74, 6) is 0.871. The number of carbonyl (C=O) groups excluding carboxylic acids is 1. The quantitative estimate of drug-likeness (QED) is 0.772. The Morgan fingerprint density at radius 1 is 1.37 bits per heavy atom. The van der Waals surface area contributed by atoms with Crippen molar-refractivity contribution >= 4 is 5.91 Å². The minimum atomic E-state index is -0.127. The lowest BCUT2D eigenvalue weighted by Gasteiger charge is -2.34. The fourth-order valence-corrected chi connectivity index (χ4v) is 3.37. The van der Waals surface area contributed by atoms with E-state index in [0.29, 0.717) is 23.8 Å². The molecule has 144 valence electrons. The van der Waals surface area contributed by atoms with Crippen LogP contribution in [0, 0.1) is 0 Å². The van der Waals surface area contributed by atoms with Crippen LogP contribution in [0.15, 0.2) is 36.5 Å². The molecule has 1 aromatic heterocycles. The van der Waals surface area contributed by atoms with Crippen molar-refractivity contribution in [2.75, 3.05) is 33.4 Å². The molecule has 1 aromatic carbocycles. The van der Waals surface area contributed by atoms with Gasteiger partial charge in [-0.25, -0.2) is 4.98 Å². The number of aliphatic hydroxyl groups excluding tert-OH is 1. The molecule has 0 spiro atoms. The number of ether oxygens (including phenoxy) is 1. The van der Waals surface area contributed by atoms with Gasteiger partial charge in [0.25, 0.3) is 5.91 Å². The molecular weight excluding hydrogens is 344 g/mol. The van der Waals surface area contributed by atoms with Crippen molar-refractivity contribution < 1.29 is 14.6 Å². The largest absolute Gasteiger partial charge is 0.481 e. The van der Waals surface area contributed by atoms with Crippen LogP contribution in [-0.2, 0) is 0 Å². The Morgan fingerprint density at radius 3 is 3.07 bits per heavy atom. The molecule has 1 atom stereocenters. The molecule has 7 nitrogen and oxygen atoms in total. The first-order valence-corrected chi connectivity index (χ1v) is 9.32. The molecule has 1 aliphatic heterocycles. The summed E-state index contributed by atoms with van der Waals surface area (Å²) in [5.41, 5.74) is 1.33. The van der Waals surface area contributed by atoms with Gasteiger partial charge in [-0.2, -0.15) is 4.98 Å². The van der Waals surface area contributed by atoms with Crippen LogP contribution in [0.1, 0.15) is 29.6 Å². The van der Waals surface area contributed by atoms with Gasteiger partial charge in [0.05, 0.1) is 13.7 Å². The number of aliphatic hydroxyl groups is 1. The Hall–Kier alpha value is -2.51. The zero-order valence-electron chi connectivity index (χ0n) is 15.6. The molecule has 2 aromatic rings. The Morgan fingerprint density at radius 2 is 2.26 bits per heavy atom. The molecule has 2 N–H and O–H groups in total. The lowest BCUT2D eigenvalue weighted by atomic mass is 10.0. The molecule has 1 saturated heterocycles. The molecule has 0 bridgehead atoms. The first-order chi connectivity index (χ1) is 13.2. The minimum absolute atomic E-state index is 0.127. The van der Waals surface area contributed by atoms with E-state index in [1.165, 1.54) is 0 Å². The Bertz CT molecular complexity index is 768. The lowest BCUT2D eigenvalue weighted by Crippen LogP contribution is -2.45. The second kappa shape index (κ2) is 9.43. The van der Waals surface area contributed by atoms with Gasteiger partial charge in [0, 0.05) is 42.5 Å². The van der Waals surface area contributed by atoms with Crippen LogP contribution in [-0.4, -0.2) is 65.3 Å². The predicted octanol–water partition coefficient (Wildman–Crippen LogP) is 1.73. The smallest absolute Gasteiger partial charge is 0.251 e. The number of hydrogen-bond acceptors (Lipinski definition) is 6.